The number of nitrogens with one attached hydrogen (secondary N) is 1. The summed E-state index contributed by atoms with van der Waals surface area (Å²) in [6.45, 7) is 2.96. The highest BCUT2D eigenvalue weighted by Gasteiger charge is 2.19. The minimum absolute atomic E-state index is 0.120. The molecular weight excluding hydrogens is 324 g/mol. The van der Waals surface area contributed by atoms with E-state index >= 15 is 0 Å². The van der Waals surface area contributed by atoms with Crippen molar-refractivity contribution < 1.29 is 14.7 Å². The van der Waals surface area contributed by atoms with Crippen LogP contribution in [0.3, 0.4) is 0 Å². The van der Waals surface area contributed by atoms with Crippen LogP contribution in [-0.4, -0.2) is 38.6 Å². The highest BCUT2D eigenvalue weighted by atomic mass is 35.5. The van der Waals surface area contributed by atoms with Crippen molar-refractivity contribution in [3.63, 3.8) is 0 Å². The molecule has 2 aromatic rings. The maximum atomic E-state index is 10.2. The van der Waals surface area contributed by atoms with Crippen LogP contribution in [0.2, 0.25) is 5.02 Å². The zero-order valence-electron chi connectivity index (χ0n) is 14.3. The lowest BCUT2D eigenvalue weighted by Gasteiger charge is -2.21. The maximum absolute atomic E-state index is 10.2. The van der Waals surface area contributed by atoms with Gasteiger partial charge in [0.25, 0.3) is 0 Å². The molecule has 5 heteroatoms. The molecule has 2 N–H and O–H groups in total. The predicted molar refractivity (Wildman–Crippen MR) is 98.7 cm³/mol. The third-order valence-electron chi connectivity index (χ3n) is 3.83. The van der Waals surface area contributed by atoms with Crippen LogP contribution in [0, 0.1) is 0 Å². The minimum atomic E-state index is 0.120. The summed E-state index contributed by atoms with van der Waals surface area (Å²) in [7, 11) is 4.16. The number of benzene rings is 2. The summed E-state index contributed by atoms with van der Waals surface area (Å²) in [5.74, 6) is 0.594. The fourth-order valence-corrected chi connectivity index (χ4v) is 2.79. The van der Waals surface area contributed by atoms with Gasteiger partial charge in [0.05, 0.1) is 27.2 Å². The lowest BCUT2D eigenvalue weighted by atomic mass is 10.1. The lowest BCUT2D eigenvalue weighted by Crippen LogP contribution is -3.06. The van der Waals surface area contributed by atoms with Crippen LogP contribution < -0.4 is 9.64 Å². The molecule has 0 aromatic heterocycles. The Kier molecular flexibility index (Phi) is 6.64. The highest BCUT2D eigenvalue weighted by molar-refractivity contribution is 6.31. The van der Waals surface area contributed by atoms with Crippen molar-refractivity contribution in [3.8, 4) is 11.5 Å². The van der Waals surface area contributed by atoms with E-state index in [0.29, 0.717) is 24.5 Å². The number of phenols is 1. The molecule has 4 nitrogen and oxygen atoms in total. The SMILES string of the molecule is CCOc1cccc(C=NC[C@@H](c2ccccc2Cl)[NH+](C)C)c1O. The molecule has 0 fully saturated rings. The van der Waals surface area contributed by atoms with E-state index in [2.05, 4.69) is 19.1 Å². The van der Waals surface area contributed by atoms with E-state index in [1.807, 2.05) is 43.3 Å². The largest absolute Gasteiger partial charge is 0.504 e. The second-order valence-corrected chi connectivity index (χ2v) is 6.18. The van der Waals surface area contributed by atoms with Crippen LogP contribution in [0.25, 0.3) is 0 Å². The Morgan fingerprint density at radius 1 is 1.21 bits per heavy atom. The van der Waals surface area contributed by atoms with E-state index in [1.54, 1.807) is 12.3 Å². The Morgan fingerprint density at radius 2 is 1.96 bits per heavy atom. The number of quaternary nitrogens is 1. The summed E-state index contributed by atoms with van der Waals surface area (Å²) < 4.78 is 5.39. The van der Waals surface area contributed by atoms with Crippen molar-refractivity contribution in [1.82, 2.24) is 0 Å². The monoisotopic (exact) mass is 347 g/mol. The molecule has 0 aliphatic heterocycles. The van der Waals surface area contributed by atoms with Gasteiger partial charge in [-0.2, -0.15) is 0 Å². The second kappa shape index (κ2) is 8.71. The molecule has 2 aromatic carbocycles. The Bertz CT molecular complexity index is 702. The first-order valence-corrected chi connectivity index (χ1v) is 8.41. The number of halogens is 1. The van der Waals surface area contributed by atoms with E-state index in [1.165, 1.54) is 4.90 Å². The Labute approximate surface area is 148 Å². The Morgan fingerprint density at radius 3 is 2.62 bits per heavy atom. The first-order valence-electron chi connectivity index (χ1n) is 8.03. The highest BCUT2D eigenvalue weighted by Crippen LogP contribution is 2.28. The van der Waals surface area contributed by atoms with E-state index in [-0.39, 0.29) is 11.8 Å². The van der Waals surface area contributed by atoms with E-state index < -0.39 is 0 Å². The van der Waals surface area contributed by atoms with Crippen molar-refractivity contribution >= 4 is 17.8 Å². The summed E-state index contributed by atoms with van der Waals surface area (Å²) >= 11 is 6.32. The zero-order chi connectivity index (χ0) is 17.5. The average molecular weight is 348 g/mol. The van der Waals surface area contributed by atoms with Gasteiger partial charge in [0, 0.05) is 22.4 Å². The predicted octanol–water partition coefficient (Wildman–Crippen LogP) is 2.75. The molecule has 0 saturated heterocycles. The van der Waals surface area contributed by atoms with Crippen LogP contribution in [-0.2, 0) is 0 Å². The van der Waals surface area contributed by atoms with Gasteiger partial charge in [0.2, 0.25) is 0 Å². The van der Waals surface area contributed by atoms with Crippen molar-refractivity contribution in [3.05, 3.63) is 58.6 Å². The molecule has 1 atom stereocenters. The summed E-state index contributed by atoms with van der Waals surface area (Å²) in [5, 5.41) is 11.0. The molecular formula is C19H24ClN2O2+. The van der Waals surface area contributed by atoms with Gasteiger partial charge in [-0.3, -0.25) is 4.99 Å². The van der Waals surface area contributed by atoms with Gasteiger partial charge in [-0.05, 0) is 25.1 Å². The normalized spacial score (nSPS) is 12.7. The molecule has 128 valence electrons. The molecule has 0 spiro atoms. The number of phenolic OH excluding ortho intramolecular Hbond substituents is 1. The summed E-state index contributed by atoms with van der Waals surface area (Å²) in [6, 6.07) is 13.4. The van der Waals surface area contributed by atoms with E-state index in [4.69, 9.17) is 16.3 Å². The zero-order valence-corrected chi connectivity index (χ0v) is 15.0. The number of hydrogen-bond donors (Lipinski definition) is 2. The average Bonchev–Trinajstić information content (AvgIpc) is 2.55. The fraction of sp³-hybridized carbons (Fsp3) is 0.316. The van der Waals surface area contributed by atoms with Gasteiger partial charge >= 0.3 is 0 Å². The van der Waals surface area contributed by atoms with Crippen LogP contribution in [0.1, 0.15) is 24.1 Å². The van der Waals surface area contributed by atoms with Crippen LogP contribution >= 0.6 is 11.6 Å². The van der Waals surface area contributed by atoms with Crippen LogP contribution in [0.4, 0.5) is 0 Å². The quantitative estimate of drug-likeness (QED) is 0.756. The molecule has 0 aliphatic rings. The molecule has 24 heavy (non-hydrogen) atoms. The number of hydrogen-bond acceptors (Lipinski definition) is 3. The molecule has 0 unspecified atom stereocenters. The third kappa shape index (κ3) is 4.49. The molecule has 0 saturated carbocycles. The number of aromatic hydroxyl groups is 1. The topological polar surface area (TPSA) is 46.3 Å². The maximum Gasteiger partial charge on any atom is 0.166 e. The standard InChI is InChI=1S/C19H23ClN2O2/c1-4-24-18-11-7-8-14(19(18)23)12-21-13-17(22(2)3)15-9-5-6-10-16(15)20/h5-12,17,23H,4,13H2,1-3H3/p+1/t17-/m0/s1. The Balaban J connectivity index is 2.17. The summed E-state index contributed by atoms with van der Waals surface area (Å²) in [5.41, 5.74) is 1.72. The summed E-state index contributed by atoms with van der Waals surface area (Å²) in [4.78, 5) is 5.77. The lowest BCUT2D eigenvalue weighted by molar-refractivity contribution is -0.890. The van der Waals surface area contributed by atoms with Gasteiger partial charge in [-0.1, -0.05) is 35.9 Å². The number of ether oxygens (including phenoxy) is 1. The van der Waals surface area contributed by atoms with Crippen LogP contribution in [0.15, 0.2) is 47.5 Å². The van der Waals surface area contributed by atoms with E-state index in [9.17, 15) is 5.11 Å². The fourth-order valence-electron chi connectivity index (χ4n) is 2.52. The van der Waals surface area contributed by atoms with Gasteiger partial charge < -0.3 is 14.7 Å². The molecule has 0 bridgehead atoms. The molecule has 0 radical (unpaired) electrons. The smallest absolute Gasteiger partial charge is 0.166 e. The summed E-state index contributed by atoms with van der Waals surface area (Å²) in [6.07, 6.45) is 1.69. The van der Waals surface area contributed by atoms with Gasteiger partial charge in [-0.25, -0.2) is 0 Å². The van der Waals surface area contributed by atoms with Crippen molar-refractivity contribution in [1.29, 1.82) is 0 Å². The number of aliphatic imine (C=N–C) groups is 1. The molecule has 0 amide bonds. The minimum Gasteiger partial charge on any atom is -0.504 e. The number of nitrogens with zero attached hydrogens (tertiary/aromatic N) is 1. The van der Waals surface area contributed by atoms with Crippen molar-refractivity contribution in [2.45, 2.75) is 13.0 Å². The van der Waals surface area contributed by atoms with E-state index in [0.717, 1.165) is 10.6 Å². The van der Waals surface area contributed by atoms with Crippen molar-refractivity contribution in [2.24, 2.45) is 4.99 Å². The van der Waals surface area contributed by atoms with Crippen LogP contribution in [0.5, 0.6) is 11.5 Å². The van der Waals surface area contributed by atoms with Crippen molar-refractivity contribution in [2.75, 3.05) is 27.2 Å². The molecule has 0 aliphatic carbocycles. The number of likely N-dealkylation sites (N-methyl/N-ethyl adjacent to an activating group) is 1. The first kappa shape index (κ1) is 18.3. The van der Waals surface area contributed by atoms with Gasteiger partial charge in [0.15, 0.2) is 11.5 Å². The third-order valence-corrected chi connectivity index (χ3v) is 4.17. The van der Waals surface area contributed by atoms with Gasteiger partial charge in [0.1, 0.15) is 6.04 Å². The molecule has 0 heterocycles. The number of para-hydroxylation sites is 1. The first-order chi connectivity index (χ1) is 11.5. The second-order valence-electron chi connectivity index (χ2n) is 5.77. The number of rotatable bonds is 7. The molecule has 2 rings (SSSR count). The van der Waals surface area contributed by atoms with Gasteiger partial charge in [-0.15, -0.1) is 0 Å². The Hall–Kier alpha value is -2.04.